The summed E-state index contributed by atoms with van der Waals surface area (Å²) in [6, 6.07) is 0. The van der Waals surface area contributed by atoms with Crippen molar-refractivity contribution in [2.45, 2.75) is 71.1 Å². The topological polar surface area (TPSA) is 0 Å². The van der Waals surface area contributed by atoms with Gasteiger partial charge in [0.1, 0.15) is 0 Å². The minimum atomic E-state index is 1.01. The number of rotatable bonds is 2. The lowest BCUT2D eigenvalue weighted by atomic mass is 9.71. The van der Waals surface area contributed by atoms with E-state index in [0.717, 1.165) is 11.8 Å². The summed E-state index contributed by atoms with van der Waals surface area (Å²) in [6.45, 7) is 2.46. The predicted octanol–water partition coefficient (Wildman–Crippen LogP) is 4.74. The fourth-order valence-corrected chi connectivity index (χ4v) is 3.45. The molecule has 0 aromatic rings. The van der Waals surface area contributed by atoms with Crippen LogP contribution in [0.2, 0.25) is 0 Å². The van der Waals surface area contributed by atoms with Crippen LogP contribution in [0, 0.1) is 17.8 Å². The van der Waals surface area contributed by atoms with Gasteiger partial charge in [-0.05, 0) is 43.4 Å². The van der Waals surface area contributed by atoms with E-state index < -0.39 is 0 Å². The summed E-state index contributed by atoms with van der Waals surface area (Å²) < 4.78 is 0. The molecule has 0 aromatic carbocycles. The van der Waals surface area contributed by atoms with E-state index in [1.807, 2.05) is 5.92 Å². The lowest BCUT2D eigenvalue weighted by molar-refractivity contribution is 0.279. The van der Waals surface area contributed by atoms with Crippen LogP contribution in [0.3, 0.4) is 0 Å². The van der Waals surface area contributed by atoms with Gasteiger partial charge in [0.2, 0.25) is 0 Å². The van der Waals surface area contributed by atoms with E-state index in [1.165, 1.54) is 64.2 Å². The van der Waals surface area contributed by atoms with Gasteiger partial charge in [-0.3, -0.25) is 0 Å². The number of hydrogen-bond acceptors (Lipinski definition) is 0. The molecule has 0 bridgehead atoms. The van der Waals surface area contributed by atoms with Crippen molar-refractivity contribution in [1.82, 2.24) is 0 Å². The van der Waals surface area contributed by atoms with Gasteiger partial charge in [0.15, 0.2) is 0 Å². The van der Waals surface area contributed by atoms with Crippen LogP contribution in [0.25, 0.3) is 0 Å². The lowest BCUT2D eigenvalue weighted by Crippen LogP contribution is -2.23. The molecule has 81 valence electrons. The van der Waals surface area contributed by atoms with Crippen molar-refractivity contribution in [1.29, 1.82) is 0 Å². The second-order valence-corrected chi connectivity index (χ2v) is 5.41. The van der Waals surface area contributed by atoms with Gasteiger partial charge < -0.3 is 0 Å². The van der Waals surface area contributed by atoms with Gasteiger partial charge >= 0.3 is 0 Å². The van der Waals surface area contributed by atoms with Gasteiger partial charge in [0, 0.05) is 0 Å². The van der Waals surface area contributed by atoms with Crippen molar-refractivity contribution < 1.29 is 0 Å². The van der Waals surface area contributed by atoms with Gasteiger partial charge in [0.25, 0.3) is 0 Å². The molecule has 0 aromatic heterocycles. The first-order chi connectivity index (χ1) is 6.88. The summed E-state index contributed by atoms with van der Waals surface area (Å²) >= 11 is 0. The molecule has 0 aliphatic heterocycles. The van der Waals surface area contributed by atoms with Crippen LogP contribution >= 0.6 is 0 Å². The smallest absolute Gasteiger partial charge is 0.0210 e. The molecule has 0 unspecified atom stereocenters. The van der Waals surface area contributed by atoms with Gasteiger partial charge in [-0.2, -0.15) is 0 Å². The van der Waals surface area contributed by atoms with E-state index in [4.69, 9.17) is 0 Å². The van der Waals surface area contributed by atoms with E-state index in [1.54, 1.807) is 0 Å². The highest BCUT2D eigenvalue weighted by Gasteiger charge is 2.28. The molecule has 2 aliphatic carbocycles. The molecule has 0 saturated heterocycles. The minimum absolute atomic E-state index is 1.01. The van der Waals surface area contributed by atoms with E-state index in [9.17, 15) is 0 Å². The fourth-order valence-electron chi connectivity index (χ4n) is 3.45. The van der Waals surface area contributed by atoms with Gasteiger partial charge in [-0.15, -0.1) is 0 Å². The second-order valence-electron chi connectivity index (χ2n) is 5.41. The van der Waals surface area contributed by atoms with Crippen LogP contribution in [0.15, 0.2) is 0 Å². The van der Waals surface area contributed by atoms with E-state index in [0.29, 0.717) is 0 Å². The summed E-state index contributed by atoms with van der Waals surface area (Å²) in [5.41, 5.74) is 0. The standard InChI is InChI=1S/C14H25/c1-12(13-8-4-2-5-9-13)14-10-6-3-7-11-14/h13-14H,2-11H2,1H3. The molecule has 0 N–H and O–H groups in total. The Bertz CT molecular complexity index is 131. The molecule has 2 rings (SSSR count). The zero-order valence-corrected chi connectivity index (χ0v) is 9.73. The summed E-state index contributed by atoms with van der Waals surface area (Å²) in [5.74, 6) is 3.89. The maximum absolute atomic E-state index is 2.46. The van der Waals surface area contributed by atoms with Gasteiger partial charge in [-0.1, -0.05) is 45.4 Å². The zero-order valence-electron chi connectivity index (χ0n) is 9.73. The zero-order chi connectivity index (χ0) is 9.80. The Kier molecular flexibility index (Phi) is 3.89. The molecule has 0 spiro atoms. The molecular weight excluding hydrogens is 168 g/mol. The molecule has 0 heteroatoms. The Balaban J connectivity index is 1.82. The lowest BCUT2D eigenvalue weighted by Gasteiger charge is -2.35. The van der Waals surface area contributed by atoms with Gasteiger partial charge in [-0.25, -0.2) is 0 Å². The van der Waals surface area contributed by atoms with Gasteiger partial charge in [0.05, 0.1) is 0 Å². The average Bonchev–Trinajstić information content (AvgIpc) is 2.30. The Hall–Kier alpha value is 0. The molecular formula is C14H25. The molecule has 0 amide bonds. The highest BCUT2D eigenvalue weighted by atomic mass is 14.3. The quantitative estimate of drug-likeness (QED) is 0.594. The third-order valence-electron chi connectivity index (χ3n) is 4.50. The molecule has 0 heterocycles. The first-order valence-electron chi connectivity index (χ1n) is 6.71. The Morgan fingerprint density at radius 3 is 1.36 bits per heavy atom. The maximum atomic E-state index is 2.46. The first-order valence-corrected chi connectivity index (χ1v) is 6.71. The highest BCUT2D eigenvalue weighted by Crippen LogP contribution is 2.40. The first kappa shape index (κ1) is 10.5. The monoisotopic (exact) mass is 193 g/mol. The minimum Gasteiger partial charge on any atom is -0.0586 e. The molecule has 2 saturated carbocycles. The molecule has 2 aliphatic rings. The fraction of sp³-hybridized carbons (Fsp3) is 0.929. The Labute approximate surface area is 89.5 Å². The summed E-state index contributed by atoms with van der Waals surface area (Å²) in [4.78, 5) is 0. The maximum Gasteiger partial charge on any atom is -0.0210 e. The predicted molar refractivity (Wildman–Crippen MR) is 62.1 cm³/mol. The van der Waals surface area contributed by atoms with Crippen molar-refractivity contribution in [2.24, 2.45) is 11.8 Å². The SMILES string of the molecule is C[C](C1CCCCC1)C1CCCCC1. The van der Waals surface area contributed by atoms with Crippen molar-refractivity contribution >= 4 is 0 Å². The van der Waals surface area contributed by atoms with E-state index in [-0.39, 0.29) is 0 Å². The molecule has 1 radical (unpaired) electrons. The third kappa shape index (κ3) is 2.52. The third-order valence-corrected chi connectivity index (χ3v) is 4.50. The van der Waals surface area contributed by atoms with Crippen LogP contribution in [0.1, 0.15) is 71.1 Å². The molecule has 0 atom stereocenters. The van der Waals surface area contributed by atoms with Crippen LogP contribution in [-0.4, -0.2) is 0 Å². The second kappa shape index (κ2) is 5.19. The van der Waals surface area contributed by atoms with Crippen molar-refractivity contribution in [3.05, 3.63) is 5.92 Å². The van der Waals surface area contributed by atoms with Crippen LogP contribution < -0.4 is 0 Å². The van der Waals surface area contributed by atoms with Crippen molar-refractivity contribution in [2.75, 3.05) is 0 Å². The average molecular weight is 193 g/mol. The number of hydrogen-bond donors (Lipinski definition) is 0. The Morgan fingerprint density at radius 1 is 0.643 bits per heavy atom. The molecule has 2 fully saturated rings. The van der Waals surface area contributed by atoms with Crippen LogP contribution in [-0.2, 0) is 0 Å². The van der Waals surface area contributed by atoms with Crippen LogP contribution in [0.4, 0.5) is 0 Å². The van der Waals surface area contributed by atoms with Crippen molar-refractivity contribution in [3.8, 4) is 0 Å². The Morgan fingerprint density at radius 2 is 1.00 bits per heavy atom. The molecule has 14 heavy (non-hydrogen) atoms. The summed E-state index contributed by atoms with van der Waals surface area (Å²) in [5, 5.41) is 0. The summed E-state index contributed by atoms with van der Waals surface area (Å²) in [7, 11) is 0. The highest BCUT2D eigenvalue weighted by molar-refractivity contribution is 4.99. The van der Waals surface area contributed by atoms with E-state index in [2.05, 4.69) is 6.92 Å². The van der Waals surface area contributed by atoms with Crippen molar-refractivity contribution in [3.63, 3.8) is 0 Å². The normalized spacial score (nSPS) is 27.0. The summed E-state index contributed by atoms with van der Waals surface area (Å²) in [6.07, 6.45) is 15.0. The largest absolute Gasteiger partial charge is 0.0586 e. The van der Waals surface area contributed by atoms with Crippen LogP contribution in [0.5, 0.6) is 0 Å². The molecule has 0 nitrogen and oxygen atoms in total. The van der Waals surface area contributed by atoms with E-state index >= 15 is 0 Å².